The molecular weight excluding hydrogens is 348 g/mol. The van der Waals surface area contributed by atoms with Crippen molar-refractivity contribution in [1.29, 1.82) is 0 Å². The van der Waals surface area contributed by atoms with Gasteiger partial charge in [0.2, 0.25) is 0 Å². The van der Waals surface area contributed by atoms with Crippen LogP contribution in [0.5, 0.6) is 0 Å². The fourth-order valence-electron chi connectivity index (χ4n) is 2.87. The van der Waals surface area contributed by atoms with E-state index in [1.165, 1.54) is 12.3 Å². The van der Waals surface area contributed by atoms with Crippen LogP contribution in [0.1, 0.15) is 22.9 Å². The third-order valence-electron chi connectivity index (χ3n) is 3.94. The molecule has 1 saturated heterocycles. The Balaban J connectivity index is 0.00000208. The summed E-state index contributed by atoms with van der Waals surface area (Å²) in [5.74, 6) is -0.673. The molecule has 8 heteroatoms. The Labute approximate surface area is 143 Å². The molecule has 2 heterocycles. The van der Waals surface area contributed by atoms with E-state index in [2.05, 4.69) is 10.2 Å². The van der Waals surface area contributed by atoms with Gasteiger partial charge in [0, 0.05) is 26.2 Å². The third-order valence-corrected chi connectivity index (χ3v) is 3.94. The highest BCUT2D eigenvalue weighted by Crippen LogP contribution is 2.35. The minimum absolute atomic E-state index is 0. The normalized spacial score (nSPS) is 17.3. The first-order chi connectivity index (χ1) is 11.0. The van der Waals surface area contributed by atoms with Crippen LogP contribution in [0, 0.1) is 5.82 Å². The summed E-state index contributed by atoms with van der Waals surface area (Å²) in [5.41, 5.74) is -0.799. The van der Waals surface area contributed by atoms with Gasteiger partial charge in [-0.3, -0.25) is 4.90 Å². The van der Waals surface area contributed by atoms with E-state index in [9.17, 15) is 17.6 Å². The summed E-state index contributed by atoms with van der Waals surface area (Å²) in [5, 5.41) is 3.21. The lowest BCUT2D eigenvalue weighted by molar-refractivity contribution is -0.140. The van der Waals surface area contributed by atoms with E-state index in [1.54, 1.807) is 12.1 Å². The highest BCUT2D eigenvalue weighted by atomic mass is 35.5. The Hall–Kier alpha value is -1.57. The summed E-state index contributed by atoms with van der Waals surface area (Å²) >= 11 is 0. The van der Waals surface area contributed by atoms with Gasteiger partial charge in [-0.1, -0.05) is 6.07 Å². The first-order valence-corrected chi connectivity index (χ1v) is 7.31. The molecule has 1 aliphatic rings. The fourth-order valence-corrected chi connectivity index (χ4v) is 2.87. The summed E-state index contributed by atoms with van der Waals surface area (Å²) < 4.78 is 57.6. The van der Waals surface area contributed by atoms with Gasteiger partial charge in [-0.25, -0.2) is 4.39 Å². The van der Waals surface area contributed by atoms with Crippen LogP contribution in [-0.2, 0) is 6.18 Å². The second kappa shape index (κ2) is 7.55. The van der Waals surface area contributed by atoms with Crippen molar-refractivity contribution in [2.24, 2.45) is 0 Å². The summed E-state index contributed by atoms with van der Waals surface area (Å²) in [7, 11) is 0. The van der Waals surface area contributed by atoms with Gasteiger partial charge >= 0.3 is 6.18 Å². The lowest BCUT2D eigenvalue weighted by atomic mass is 10.00. The zero-order chi connectivity index (χ0) is 16.4. The van der Waals surface area contributed by atoms with Gasteiger partial charge < -0.3 is 9.73 Å². The van der Waals surface area contributed by atoms with Gasteiger partial charge in [0.15, 0.2) is 0 Å². The first kappa shape index (κ1) is 18.8. The van der Waals surface area contributed by atoms with Crippen LogP contribution in [0.4, 0.5) is 17.6 Å². The van der Waals surface area contributed by atoms with Crippen LogP contribution >= 0.6 is 12.4 Å². The van der Waals surface area contributed by atoms with Crippen LogP contribution in [0.3, 0.4) is 0 Å². The molecule has 1 aromatic carbocycles. The lowest BCUT2D eigenvalue weighted by Crippen LogP contribution is -2.45. The molecule has 0 aliphatic carbocycles. The van der Waals surface area contributed by atoms with Gasteiger partial charge in [-0.15, -0.1) is 12.4 Å². The Morgan fingerprint density at radius 3 is 2.38 bits per heavy atom. The molecule has 0 unspecified atom stereocenters. The molecule has 0 bridgehead atoms. The predicted octanol–water partition coefficient (Wildman–Crippen LogP) is 3.85. The summed E-state index contributed by atoms with van der Waals surface area (Å²) in [6, 6.07) is 6.14. The van der Waals surface area contributed by atoms with E-state index in [1.807, 2.05) is 0 Å². The Kier molecular flexibility index (Phi) is 5.90. The molecule has 0 amide bonds. The molecule has 1 aliphatic heterocycles. The molecule has 3 nitrogen and oxygen atoms in total. The SMILES string of the molecule is Cl.Fc1cc([C@H](c2ccco2)N2CCNCC2)ccc1C(F)(F)F. The molecule has 1 atom stereocenters. The van der Waals surface area contributed by atoms with Crippen molar-refractivity contribution < 1.29 is 22.0 Å². The Morgan fingerprint density at radius 2 is 1.83 bits per heavy atom. The van der Waals surface area contributed by atoms with Crippen LogP contribution < -0.4 is 5.32 Å². The van der Waals surface area contributed by atoms with E-state index >= 15 is 0 Å². The molecule has 3 rings (SSSR count). The van der Waals surface area contributed by atoms with E-state index in [0.29, 0.717) is 24.4 Å². The monoisotopic (exact) mass is 364 g/mol. The van der Waals surface area contributed by atoms with Crippen molar-refractivity contribution in [3.63, 3.8) is 0 Å². The van der Waals surface area contributed by atoms with Crippen LogP contribution in [0.2, 0.25) is 0 Å². The molecule has 0 radical (unpaired) electrons. The summed E-state index contributed by atoms with van der Waals surface area (Å²) in [4.78, 5) is 2.07. The average Bonchev–Trinajstić information content (AvgIpc) is 3.01. The second-order valence-corrected chi connectivity index (χ2v) is 5.44. The molecule has 0 spiro atoms. The van der Waals surface area contributed by atoms with E-state index < -0.39 is 23.6 Å². The van der Waals surface area contributed by atoms with E-state index in [4.69, 9.17) is 4.42 Å². The Bertz CT molecular complexity index is 655. The number of benzene rings is 1. The van der Waals surface area contributed by atoms with Crippen molar-refractivity contribution in [2.75, 3.05) is 26.2 Å². The Morgan fingerprint density at radius 1 is 1.12 bits per heavy atom. The molecule has 132 valence electrons. The molecule has 1 fully saturated rings. The topological polar surface area (TPSA) is 28.4 Å². The van der Waals surface area contributed by atoms with Crippen molar-refractivity contribution in [3.8, 4) is 0 Å². The maximum Gasteiger partial charge on any atom is 0.419 e. The molecule has 24 heavy (non-hydrogen) atoms. The van der Waals surface area contributed by atoms with Crippen LogP contribution in [0.25, 0.3) is 0 Å². The molecule has 2 aromatic rings. The minimum atomic E-state index is -4.70. The number of hydrogen-bond donors (Lipinski definition) is 1. The highest BCUT2D eigenvalue weighted by molar-refractivity contribution is 5.85. The molecule has 0 saturated carbocycles. The second-order valence-electron chi connectivity index (χ2n) is 5.44. The maximum atomic E-state index is 13.9. The lowest BCUT2D eigenvalue weighted by Gasteiger charge is -2.34. The number of alkyl halides is 3. The van der Waals surface area contributed by atoms with Gasteiger partial charge in [0.1, 0.15) is 11.6 Å². The van der Waals surface area contributed by atoms with Gasteiger partial charge in [0.05, 0.1) is 17.9 Å². The van der Waals surface area contributed by atoms with Crippen molar-refractivity contribution in [1.82, 2.24) is 10.2 Å². The quantitative estimate of drug-likeness (QED) is 0.838. The largest absolute Gasteiger partial charge is 0.467 e. The first-order valence-electron chi connectivity index (χ1n) is 7.31. The van der Waals surface area contributed by atoms with Crippen molar-refractivity contribution in [3.05, 3.63) is 59.3 Å². The number of hydrogen-bond acceptors (Lipinski definition) is 3. The fraction of sp³-hybridized carbons (Fsp3) is 0.375. The number of halogens is 5. The van der Waals surface area contributed by atoms with Gasteiger partial charge in [-0.05, 0) is 29.8 Å². The summed E-state index contributed by atoms with van der Waals surface area (Å²) in [6.07, 6.45) is -3.19. The van der Waals surface area contributed by atoms with Crippen molar-refractivity contribution >= 4 is 12.4 Å². The summed E-state index contributed by atoms with van der Waals surface area (Å²) in [6.45, 7) is 2.93. The van der Waals surface area contributed by atoms with E-state index in [-0.39, 0.29) is 12.4 Å². The third kappa shape index (κ3) is 3.91. The molecular formula is C16H17ClF4N2O. The maximum absolute atomic E-state index is 13.9. The molecule has 1 N–H and O–H groups in total. The van der Waals surface area contributed by atoms with Crippen molar-refractivity contribution in [2.45, 2.75) is 12.2 Å². The number of piperazine rings is 1. The van der Waals surface area contributed by atoms with Gasteiger partial charge in [-0.2, -0.15) is 13.2 Å². The number of furan rings is 1. The van der Waals surface area contributed by atoms with Crippen LogP contribution in [-0.4, -0.2) is 31.1 Å². The predicted molar refractivity (Wildman–Crippen MR) is 83.6 cm³/mol. The number of nitrogens with zero attached hydrogens (tertiary/aromatic N) is 1. The smallest absolute Gasteiger partial charge is 0.419 e. The zero-order valence-corrected chi connectivity index (χ0v) is 13.5. The molecule has 1 aromatic heterocycles. The van der Waals surface area contributed by atoms with Crippen LogP contribution in [0.15, 0.2) is 41.0 Å². The number of rotatable bonds is 3. The zero-order valence-electron chi connectivity index (χ0n) is 12.6. The average molecular weight is 365 g/mol. The highest BCUT2D eigenvalue weighted by Gasteiger charge is 2.35. The number of nitrogens with one attached hydrogen (secondary N) is 1. The van der Waals surface area contributed by atoms with E-state index in [0.717, 1.165) is 25.2 Å². The standard InChI is InChI=1S/C16H16F4N2O.ClH/c17-13-10-11(3-4-12(13)16(18,19)20)15(14-2-1-9-23-14)22-7-5-21-6-8-22;/h1-4,9-10,15,21H,5-8H2;1H/t15-;/m1./s1. The minimum Gasteiger partial charge on any atom is -0.467 e. The van der Waals surface area contributed by atoms with Gasteiger partial charge in [0.25, 0.3) is 0 Å².